The van der Waals surface area contributed by atoms with Gasteiger partial charge in [0.1, 0.15) is 7.11 Å². The molecule has 0 radical (unpaired) electrons. The summed E-state index contributed by atoms with van der Waals surface area (Å²) in [5, 5.41) is 4.96. The lowest BCUT2D eigenvalue weighted by Crippen LogP contribution is -1.84. The lowest BCUT2D eigenvalue weighted by Gasteiger charge is -1.92. The van der Waals surface area contributed by atoms with E-state index in [2.05, 4.69) is 27.1 Å². The average Bonchev–Trinajstić information content (AvgIpc) is 2.63. The maximum Gasteiger partial charge on any atom is 0.106 e. The van der Waals surface area contributed by atoms with E-state index in [-0.39, 0.29) is 0 Å². The zero-order valence-corrected chi connectivity index (χ0v) is 8.03. The van der Waals surface area contributed by atoms with E-state index in [1.54, 1.807) is 13.3 Å². The van der Waals surface area contributed by atoms with Crippen LogP contribution in [0.1, 0.15) is 5.56 Å². The van der Waals surface area contributed by atoms with Crippen LogP contribution in [0.3, 0.4) is 0 Å². The second kappa shape index (κ2) is 3.96. The van der Waals surface area contributed by atoms with Gasteiger partial charge in [-0.2, -0.15) is 0 Å². The Labute approximate surface area is 82.4 Å². The van der Waals surface area contributed by atoms with Crippen LogP contribution in [0.2, 0.25) is 0 Å². The lowest BCUT2D eigenvalue weighted by atomic mass is 10.1. The van der Waals surface area contributed by atoms with Crippen LogP contribution in [0.5, 0.6) is 0 Å². The first-order chi connectivity index (χ1) is 6.92. The summed E-state index contributed by atoms with van der Waals surface area (Å²) in [6, 6.07) is 8.22. The number of hydrogen-bond donors (Lipinski definition) is 1. The molecule has 0 amide bonds. The molecule has 14 heavy (non-hydrogen) atoms. The maximum atomic E-state index is 4.61. The Kier molecular flexibility index (Phi) is 2.49. The van der Waals surface area contributed by atoms with Crippen molar-refractivity contribution in [3.8, 4) is 0 Å². The zero-order valence-electron chi connectivity index (χ0n) is 8.03. The topological polar surface area (TPSA) is 37.4 Å². The van der Waals surface area contributed by atoms with Crippen LogP contribution in [0.15, 0.2) is 35.6 Å². The molecule has 3 nitrogen and oxygen atoms in total. The summed E-state index contributed by atoms with van der Waals surface area (Å²) in [5.41, 5.74) is 2.40. The summed E-state index contributed by atoms with van der Waals surface area (Å²) >= 11 is 0. The lowest BCUT2D eigenvalue weighted by molar-refractivity contribution is 0.215. The van der Waals surface area contributed by atoms with E-state index in [9.17, 15) is 0 Å². The van der Waals surface area contributed by atoms with Gasteiger partial charge >= 0.3 is 0 Å². The predicted octanol–water partition coefficient (Wildman–Crippen LogP) is 2.34. The molecule has 0 spiro atoms. The number of nitrogens with zero attached hydrogens (tertiary/aromatic N) is 1. The first-order valence-corrected chi connectivity index (χ1v) is 4.52. The number of hydrogen-bond acceptors (Lipinski definition) is 2. The number of fused-ring (bicyclic) bond motifs is 1. The minimum absolute atomic E-state index is 0.790. The number of rotatable bonds is 3. The van der Waals surface area contributed by atoms with Gasteiger partial charge in [-0.25, -0.2) is 0 Å². The summed E-state index contributed by atoms with van der Waals surface area (Å²) in [6.45, 7) is 0. The molecule has 0 aliphatic rings. The number of benzene rings is 1. The normalized spacial score (nSPS) is 11.2. The first kappa shape index (κ1) is 8.81. The third-order valence-electron chi connectivity index (χ3n) is 2.17. The molecule has 0 unspecified atom stereocenters. The van der Waals surface area contributed by atoms with Crippen LogP contribution >= 0.6 is 0 Å². The van der Waals surface area contributed by atoms with E-state index in [4.69, 9.17) is 0 Å². The van der Waals surface area contributed by atoms with E-state index in [0.717, 1.165) is 11.9 Å². The van der Waals surface area contributed by atoms with Gasteiger partial charge in [-0.1, -0.05) is 23.4 Å². The van der Waals surface area contributed by atoms with Gasteiger partial charge in [0.15, 0.2) is 0 Å². The van der Waals surface area contributed by atoms with Gasteiger partial charge < -0.3 is 9.82 Å². The van der Waals surface area contributed by atoms with E-state index in [0.29, 0.717) is 0 Å². The SMILES string of the molecule is CON=CCc1c[nH]c2ccccc12. The molecule has 3 heteroatoms. The highest BCUT2D eigenvalue weighted by Gasteiger charge is 2.00. The molecule has 2 aromatic rings. The average molecular weight is 188 g/mol. The largest absolute Gasteiger partial charge is 0.399 e. The van der Waals surface area contributed by atoms with Gasteiger partial charge in [-0.05, 0) is 11.6 Å². The Morgan fingerprint density at radius 3 is 3.14 bits per heavy atom. The van der Waals surface area contributed by atoms with Crippen molar-refractivity contribution < 1.29 is 4.84 Å². The number of nitrogens with one attached hydrogen (secondary N) is 1. The van der Waals surface area contributed by atoms with Crippen molar-refractivity contribution in [2.45, 2.75) is 6.42 Å². The van der Waals surface area contributed by atoms with E-state index in [1.807, 2.05) is 18.3 Å². The predicted molar refractivity (Wildman–Crippen MR) is 57.5 cm³/mol. The number of aromatic nitrogens is 1. The Bertz CT molecular complexity index is 445. The third kappa shape index (κ3) is 1.62. The summed E-state index contributed by atoms with van der Waals surface area (Å²) in [5.74, 6) is 0. The van der Waals surface area contributed by atoms with E-state index in [1.165, 1.54) is 10.9 Å². The molecule has 2 rings (SSSR count). The smallest absolute Gasteiger partial charge is 0.106 e. The molecule has 0 saturated heterocycles. The summed E-state index contributed by atoms with van der Waals surface area (Å²) in [6.07, 6.45) is 4.56. The molecule has 1 N–H and O–H groups in total. The maximum absolute atomic E-state index is 4.61. The highest BCUT2D eigenvalue weighted by molar-refractivity contribution is 5.85. The third-order valence-corrected chi connectivity index (χ3v) is 2.17. The monoisotopic (exact) mass is 188 g/mol. The fraction of sp³-hybridized carbons (Fsp3) is 0.182. The van der Waals surface area contributed by atoms with Crippen LogP contribution < -0.4 is 0 Å². The highest BCUT2D eigenvalue weighted by Crippen LogP contribution is 2.17. The second-order valence-electron chi connectivity index (χ2n) is 3.03. The Hall–Kier alpha value is -1.77. The molecule has 0 bridgehead atoms. The van der Waals surface area contributed by atoms with Crippen molar-refractivity contribution in [2.75, 3.05) is 7.11 Å². The summed E-state index contributed by atoms with van der Waals surface area (Å²) < 4.78 is 0. The quantitative estimate of drug-likeness (QED) is 0.582. The van der Waals surface area contributed by atoms with Crippen molar-refractivity contribution >= 4 is 17.1 Å². The van der Waals surface area contributed by atoms with Gasteiger partial charge in [-0.3, -0.25) is 0 Å². The van der Waals surface area contributed by atoms with Crippen molar-refractivity contribution in [3.05, 3.63) is 36.0 Å². The summed E-state index contributed by atoms with van der Waals surface area (Å²) in [7, 11) is 1.55. The Balaban J connectivity index is 2.29. The van der Waals surface area contributed by atoms with E-state index >= 15 is 0 Å². The first-order valence-electron chi connectivity index (χ1n) is 4.52. The van der Waals surface area contributed by atoms with Crippen LogP contribution in [0.25, 0.3) is 10.9 Å². The molecule has 1 aromatic heterocycles. The molecule has 1 heterocycles. The fourth-order valence-electron chi connectivity index (χ4n) is 1.51. The molecule has 72 valence electrons. The number of oxime groups is 1. The molecule has 0 aliphatic heterocycles. The van der Waals surface area contributed by atoms with Gasteiger partial charge in [0.2, 0.25) is 0 Å². The van der Waals surface area contributed by atoms with Crippen molar-refractivity contribution in [3.63, 3.8) is 0 Å². The molecule has 1 aromatic carbocycles. The van der Waals surface area contributed by atoms with Crippen molar-refractivity contribution in [2.24, 2.45) is 5.16 Å². The van der Waals surface area contributed by atoms with Crippen LogP contribution in [-0.2, 0) is 11.3 Å². The zero-order chi connectivity index (χ0) is 9.80. The molecule has 0 fully saturated rings. The molecular formula is C11H12N2O. The van der Waals surface area contributed by atoms with Crippen LogP contribution in [0, 0.1) is 0 Å². The van der Waals surface area contributed by atoms with Crippen LogP contribution in [-0.4, -0.2) is 18.3 Å². The Morgan fingerprint density at radius 1 is 1.43 bits per heavy atom. The number of H-pyrrole nitrogens is 1. The van der Waals surface area contributed by atoms with Gasteiger partial charge in [0.25, 0.3) is 0 Å². The van der Waals surface area contributed by atoms with Gasteiger partial charge in [-0.15, -0.1) is 0 Å². The van der Waals surface area contributed by atoms with Gasteiger partial charge in [0, 0.05) is 29.7 Å². The van der Waals surface area contributed by atoms with E-state index < -0.39 is 0 Å². The molecule has 0 atom stereocenters. The van der Waals surface area contributed by atoms with Crippen molar-refractivity contribution in [1.29, 1.82) is 0 Å². The molecular weight excluding hydrogens is 176 g/mol. The number of para-hydroxylation sites is 1. The molecule has 0 aliphatic carbocycles. The highest BCUT2D eigenvalue weighted by atomic mass is 16.6. The van der Waals surface area contributed by atoms with Crippen molar-refractivity contribution in [1.82, 2.24) is 4.98 Å². The fourth-order valence-corrected chi connectivity index (χ4v) is 1.51. The van der Waals surface area contributed by atoms with Gasteiger partial charge in [0.05, 0.1) is 0 Å². The van der Waals surface area contributed by atoms with Crippen LogP contribution in [0.4, 0.5) is 0 Å². The summed E-state index contributed by atoms with van der Waals surface area (Å²) in [4.78, 5) is 7.82. The molecule has 0 saturated carbocycles. The minimum atomic E-state index is 0.790. The second-order valence-corrected chi connectivity index (χ2v) is 3.03. The number of aromatic amines is 1. The minimum Gasteiger partial charge on any atom is -0.399 e. The Morgan fingerprint density at radius 2 is 2.29 bits per heavy atom. The standard InChI is InChI=1S/C11H12N2O/c1-14-13-7-6-9-8-12-11-5-3-2-4-10(9)11/h2-5,7-8,12H,6H2,1H3.